The highest BCUT2D eigenvalue weighted by Gasteiger charge is 2.19. The quantitative estimate of drug-likeness (QED) is 0.276. The summed E-state index contributed by atoms with van der Waals surface area (Å²) in [5.74, 6) is 0. The van der Waals surface area contributed by atoms with Crippen LogP contribution < -0.4 is 0 Å². The average Bonchev–Trinajstić information content (AvgIpc) is 2.64. The predicted octanol–water partition coefficient (Wildman–Crippen LogP) is 6.28. The van der Waals surface area contributed by atoms with Gasteiger partial charge in [-0.15, -0.1) is 10.3 Å². The first-order chi connectivity index (χ1) is 13.1. The van der Waals surface area contributed by atoms with E-state index < -0.39 is 16.6 Å². The van der Waals surface area contributed by atoms with Crippen LogP contribution in [0.2, 0.25) is 39.3 Å². The fourth-order valence-electron chi connectivity index (χ4n) is 2.37. The second kappa shape index (κ2) is 9.84. The van der Waals surface area contributed by atoms with Gasteiger partial charge in [0.1, 0.15) is 0 Å². The van der Waals surface area contributed by atoms with Crippen molar-refractivity contribution >= 4 is 28.1 Å². The number of rotatable bonds is 9. The van der Waals surface area contributed by atoms with Gasteiger partial charge in [0.25, 0.3) is 16.6 Å². The third-order valence-electron chi connectivity index (χ3n) is 3.67. The minimum atomic E-state index is -1.75. The Morgan fingerprint density at radius 1 is 0.607 bits per heavy atom. The Kier molecular flexibility index (Phi) is 7.77. The van der Waals surface area contributed by atoms with Gasteiger partial charge < -0.3 is 9.05 Å². The summed E-state index contributed by atoms with van der Waals surface area (Å²) < 4.78 is 11.7. The van der Waals surface area contributed by atoms with Gasteiger partial charge >= 0.3 is 0 Å². The van der Waals surface area contributed by atoms with Crippen LogP contribution in [-0.4, -0.2) is 28.1 Å². The van der Waals surface area contributed by atoms with E-state index in [1.165, 1.54) is 0 Å². The van der Waals surface area contributed by atoms with E-state index in [2.05, 4.69) is 73.9 Å². The number of benzene rings is 2. The second-order valence-electron chi connectivity index (χ2n) is 8.72. The zero-order chi connectivity index (χ0) is 20.6. The fourth-order valence-corrected chi connectivity index (χ4v) is 3.14. The maximum absolute atomic E-state index is 5.86. The monoisotopic (exact) mass is 412 g/mol. The molecule has 2 rings (SSSR count). The van der Waals surface area contributed by atoms with Gasteiger partial charge in [-0.25, -0.2) is 0 Å². The molecule has 6 heteroatoms. The molecule has 28 heavy (non-hydrogen) atoms. The largest absolute Gasteiger partial charge is 0.455 e. The third-order valence-corrected chi connectivity index (χ3v) is 4.95. The lowest BCUT2D eigenvalue weighted by Gasteiger charge is -2.17. The summed E-state index contributed by atoms with van der Waals surface area (Å²) in [6.07, 6.45) is 1.47. The second-order valence-corrected chi connectivity index (χ2v) is 17.5. The molecule has 0 amide bonds. The van der Waals surface area contributed by atoms with E-state index in [4.69, 9.17) is 9.05 Å². The lowest BCUT2D eigenvalue weighted by Crippen LogP contribution is -2.24. The normalized spacial score (nSPS) is 13.4. The van der Waals surface area contributed by atoms with E-state index >= 15 is 0 Å². The summed E-state index contributed by atoms with van der Waals surface area (Å²) in [5, 5.41) is 9.06. The molecule has 2 aromatic carbocycles. The van der Waals surface area contributed by atoms with Crippen molar-refractivity contribution in [2.24, 2.45) is 10.3 Å². The highest BCUT2D eigenvalue weighted by Crippen LogP contribution is 2.15. The van der Waals surface area contributed by atoms with Crippen molar-refractivity contribution in [2.45, 2.75) is 52.1 Å². The van der Waals surface area contributed by atoms with Crippen LogP contribution in [0.25, 0.3) is 0 Å². The lowest BCUT2D eigenvalue weighted by molar-refractivity contribution is 0.332. The molecule has 0 aliphatic heterocycles. The summed E-state index contributed by atoms with van der Waals surface area (Å²) in [4.78, 5) is 0. The zero-order valence-electron chi connectivity index (χ0n) is 17.9. The highest BCUT2D eigenvalue weighted by molar-refractivity contribution is 6.70. The molecular weight excluding hydrogens is 380 g/mol. The van der Waals surface area contributed by atoms with E-state index in [1.807, 2.05) is 36.4 Å². The van der Waals surface area contributed by atoms with Crippen molar-refractivity contribution in [3.8, 4) is 0 Å². The standard InChI is InChI=1S/C22H32N2O2Si2/c1-27(2,3)25-23-21(19-13-9-7-10-14-19)17-18-22(24-26-28(4,5)6)20-15-11-8-12-16-20/h7-16H,17-18H2,1-6H3/b23-21-,24-22-. The number of oxime groups is 2. The van der Waals surface area contributed by atoms with Crippen LogP contribution >= 0.6 is 0 Å². The van der Waals surface area contributed by atoms with Crippen molar-refractivity contribution in [3.05, 3.63) is 71.8 Å². The maximum Gasteiger partial charge on any atom is 0.278 e. The molecule has 2 aromatic rings. The molecule has 0 N–H and O–H groups in total. The van der Waals surface area contributed by atoms with Crippen LogP contribution in [0.3, 0.4) is 0 Å². The summed E-state index contributed by atoms with van der Waals surface area (Å²) >= 11 is 0. The van der Waals surface area contributed by atoms with E-state index in [0.717, 1.165) is 35.4 Å². The van der Waals surface area contributed by atoms with Crippen LogP contribution in [0, 0.1) is 0 Å². The Morgan fingerprint density at radius 2 is 0.929 bits per heavy atom. The molecule has 0 spiro atoms. The predicted molar refractivity (Wildman–Crippen MR) is 124 cm³/mol. The molecule has 4 nitrogen and oxygen atoms in total. The molecule has 0 unspecified atom stereocenters. The van der Waals surface area contributed by atoms with E-state index in [1.54, 1.807) is 0 Å². The molecule has 0 fully saturated rings. The topological polar surface area (TPSA) is 43.2 Å². The van der Waals surface area contributed by atoms with Gasteiger partial charge in [-0.3, -0.25) is 0 Å². The molecule has 0 saturated heterocycles. The molecule has 0 aliphatic carbocycles. The smallest absolute Gasteiger partial charge is 0.278 e. The zero-order valence-corrected chi connectivity index (χ0v) is 19.9. The molecule has 0 bridgehead atoms. The van der Waals surface area contributed by atoms with Gasteiger partial charge in [-0.1, -0.05) is 60.7 Å². The number of hydrogen-bond donors (Lipinski definition) is 0. The number of hydrogen-bond acceptors (Lipinski definition) is 4. The van der Waals surface area contributed by atoms with Crippen LogP contribution in [0.4, 0.5) is 0 Å². The molecule has 0 aromatic heterocycles. The van der Waals surface area contributed by atoms with E-state index in [9.17, 15) is 0 Å². The first-order valence-corrected chi connectivity index (χ1v) is 16.6. The van der Waals surface area contributed by atoms with Crippen LogP contribution in [0.1, 0.15) is 24.0 Å². The lowest BCUT2D eigenvalue weighted by atomic mass is 10.0. The van der Waals surface area contributed by atoms with Crippen molar-refractivity contribution in [1.82, 2.24) is 0 Å². The van der Waals surface area contributed by atoms with Crippen molar-refractivity contribution in [2.75, 3.05) is 0 Å². The van der Waals surface area contributed by atoms with Crippen molar-refractivity contribution in [3.63, 3.8) is 0 Å². The van der Waals surface area contributed by atoms with Gasteiger partial charge in [-0.05, 0) is 63.3 Å². The summed E-state index contributed by atoms with van der Waals surface area (Å²) in [6, 6.07) is 20.4. The molecule has 0 aliphatic rings. The van der Waals surface area contributed by atoms with E-state index in [-0.39, 0.29) is 0 Å². The highest BCUT2D eigenvalue weighted by atomic mass is 28.4. The molecule has 0 saturated carbocycles. The maximum atomic E-state index is 5.86. The minimum Gasteiger partial charge on any atom is -0.455 e. The average molecular weight is 413 g/mol. The van der Waals surface area contributed by atoms with Gasteiger partial charge in [0.2, 0.25) is 0 Å². The summed E-state index contributed by atoms with van der Waals surface area (Å²) in [5.41, 5.74) is 4.05. The van der Waals surface area contributed by atoms with Crippen molar-refractivity contribution in [1.29, 1.82) is 0 Å². The minimum absolute atomic E-state index is 0.733. The Labute approximate surface area is 171 Å². The van der Waals surface area contributed by atoms with Crippen LogP contribution in [-0.2, 0) is 9.05 Å². The van der Waals surface area contributed by atoms with Crippen LogP contribution in [0.5, 0.6) is 0 Å². The van der Waals surface area contributed by atoms with Gasteiger partial charge in [0.15, 0.2) is 0 Å². The summed E-state index contributed by atoms with van der Waals surface area (Å²) in [6.45, 7) is 12.8. The van der Waals surface area contributed by atoms with Gasteiger partial charge in [-0.2, -0.15) is 0 Å². The molecule has 0 heterocycles. The first-order valence-electron chi connectivity index (χ1n) is 9.75. The molecule has 0 atom stereocenters. The molecule has 0 radical (unpaired) electrons. The Balaban J connectivity index is 2.25. The fraction of sp³-hybridized carbons (Fsp3) is 0.364. The number of nitrogens with zero attached hydrogens (tertiary/aromatic N) is 2. The Hall–Kier alpha value is -2.19. The molecule has 150 valence electrons. The Bertz CT molecular complexity index is 723. The first kappa shape index (κ1) is 22.1. The third kappa shape index (κ3) is 8.23. The van der Waals surface area contributed by atoms with Crippen molar-refractivity contribution < 1.29 is 9.05 Å². The SMILES string of the molecule is C[Si](C)(C)O/N=C(/CC/C(=N/O[Si](C)(C)C)c1ccccc1)c1ccccc1. The molecular formula is C22H32N2O2Si2. The summed E-state index contributed by atoms with van der Waals surface area (Å²) in [7, 11) is -3.50. The van der Waals surface area contributed by atoms with Gasteiger partial charge in [0.05, 0.1) is 11.4 Å². The van der Waals surface area contributed by atoms with Gasteiger partial charge in [0, 0.05) is 0 Å². The van der Waals surface area contributed by atoms with Crippen LogP contribution in [0.15, 0.2) is 71.0 Å². The Morgan fingerprint density at radius 3 is 1.21 bits per heavy atom. The van der Waals surface area contributed by atoms with E-state index in [0.29, 0.717) is 0 Å².